The van der Waals surface area contributed by atoms with Gasteiger partial charge in [0.25, 0.3) is 0 Å². The second-order valence-corrected chi connectivity index (χ2v) is 2.95. The van der Waals surface area contributed by atoms with E-state index in [1.807, 2.05) is 13.8 Å². The molecule has 0 aliphatic heterocycles. The van der Waals surface area contributed by atoms with Crippen LogP contribution in [0.2, 0.25) is 0 Å². The minimum Gasteiger partial charge on any atom is -0.490 e. The van der Waals surface area contributed by atoms with Crippen LogP contribution in [0.3, 0.4) is 0 Å². The molecule has 0 aliphatic carbocycles. The maximum atomic E-state index is 9.00. The lowest BCUT2D eigenvalue weighted by molar-refractivity contribution is 0.288. The van der Waals surface area contributed by atoms with Crippen LogP contribution in [0.5, 0.6) is 11.5 Å². The van der Waals surface area contributed by atoms with E-state index in [4.69, 9.17) is 19.5 Å². The minimum absolute atomic E-state index is 0.391. The van der Waals surface area contributed by atoms with E-state index in [1.54, 1.807) is 18.2 Å². The highest BCUT2D eigenvalue weighted by Gasteiger charge is 2.14. The Kier molecular flexibility index (Phi) is 4.46. The molecule has 1 rings (SSSR count). The van der Waals surface area contributed by atoms with Crippen molar-refractivity contribution in [1.82, 2.24) is 0 Å². The Bertz CT molecular complexity index is 314. The summed E-state index contributed by atoms with van der Waals surface area (Å²) in [6.45, 7) is 4.79. The van der Waals surface area contributed by atoms with Gasteiger partial charge in [0.05, 0.1) is 13.2 Å². The molecule has 4 nitrogen and oxygen atoms in total. The van der Waals surface area contributed by atoms with Gasteiger partial charge in [-0.2, -0.15) is 0 Å². The summed E-state index contributed by atoms with van der Waals surface area (Å²) in [6.07, 6.45) is 0. The summed E-state index contributed by atoms with van der Waals surface area (Å²) in [5.41, 5.74) is 0.391. The van der Waals surface area contributed by atoms with Crippen molar-refractivity contribution in [2.75, 3.05) is 13.2 Å². The third-order valence-corrected chi connectivity index (χ3v) is 1.87. The van der Waals surface area contributed by atoms with Gasteiger partial charge >= 0.3 is 7.12 Å². The van der Waals surface area contributed by atoms with Crippen LogP contribution in [0.1, 0.15) is 13.8 Å². The number of rotatable bonds is 5. The average molecular weight is 210 g/mol. The van der Waals surface area contributed by atoms with Crippen molar-refractivity contribution in [1.29, 1.82) is 0 Å². The van der Waals surface area contributed by atoms with Crippen LogP contribution < -0.4 is 14.9 Å². The highest BCUT2D eigenvalue weighted by atomic mass is 16.5. The molecule has 0 saturated heterocycles. The summed E-state index contributed by atoms with van der Waals surface area (Å²) < 4.78 is 10.7. The number of benzene rings is 1. The maximum Gasteiger partial charge on any atom is 0.488 e. The summed E-state index contributed by atoms with van der Waals surface area (Å²) >= 11 is 0. The fourth-order valence-corrected chi connectivity index (χ4v) is 1.23. The van der Waals surface area contributed by atoms with Crippen molar-refractivity contribution < 1.29 is 19.5 Å². The van der Waals surface area contributed by atoms with Gasteiger partial charge in [0, 0.05) is 0 Å². The summed E-state index contributed by atoms with van der Waals surface area (Å²) in [6, 6.07) is 4.83. The maximum absolute atomic E-state index is 9.00. The van der Waals surface area contributed by atoms with Crippen molar-refractivity contribution >= 4 is 12.6 Å². The average Bonchev–Trinajstić information content (AvgIpc) is 2.21. The van der Waals surface area contributed by atoms with Crippen molar-refractivity contribution in [2.45, 2.75) is 13.8 Å². The van der Waals surface area contributed by atoms with Crippen LogP contribution >= 0.6 is 0 Å². The molecule has 0 aliphatic rings. The number of ether oxygens (including phenoxy) is 2. The second-order valence-electron chi connectivity index (χ2n) is 2.95. The lowest BCUT2D eigenvalue weighted by Gasteiger charge is -2.11. The van der Waals surface area contributed by atoms with E-state index in [-0.39, 0.29) is 0 Å². The quantitative estimate of drug-likeness (QED) is 0.680. The molecule has 0 heterocycles. The van der Waals surface area contributed by atoms with Crippen molar-refractivity contribution in [2.24, 2.45) is 0 Å². The third-order valence-electron chi connectivity index (χ3n) is 1.87. The van der Waals surface area contributed by atoms with Gasteiger partial charge in [0.2, 0.25) is 0 Å². The molecule has 0 unspecified atom stereocenters. The smallest absolute Gasteiger partial charge is 0.488 e. The molecular formula is C10H15BO4. The van der Waals surface area contributed by atoms with Crippen LogP contribution in [0.15, 0.2) is 18.2 Å². The third kappa shape index (κ3) is 3.14. The van der Waals surface area contributed by atoms with Gasteiger partial charge in [-0.25, -0.2) is 0 Å². The Morgan fingerprint density at radius 3 is 2.20 bits per heavy atom. The zero-order valence-electron chi connectivity index (χ0n) is 8.93. The molecule has 0 fully saturated rings. The molecule has 0 aromatic heterocycles. The van der Waals surface area contributed by atoms with Gasteiger partial charge in [-0.3, -0.25) is 0 Å². The molecule has 0 radical (unpaired) electrons. The summed E-state index contributed by atoms with van der Waals surface area (Å²) in [5.74, 6) is 1.15. The molecular weight excluding hydrogens is 195 g/mol. The van der Waals surface area contributed by atoms with E-state index in [2.05, 4.69) is 0 Å². The first kappa shape index (κ1) is 11.9. The van der Waals surface area contributed by atoms with Crippen molar-refractivity contribution in [3.05, 3.63) is 18.2 Å². The number of hydrogen-bond donors (Lipinski definition) is 2. The first-order valence-corrected chi connectivity index (χ1v) is 4.94. The standard InChI is InChI=1S/C10H15BO4/c1-3-14-9-6-5-8(11(12)13)7-10(9)15-4-2/h5-7,12-13H,3-4H2,1-2H3. The molecule has 15 heavy (non-hydrogen) atoms. The van der Waals surface area contributed by atoms with Crippen LogP contribution in [0, 0.1) is 0 Å². The molecule has 5 heteroatoms. The predicted octanol–water partition coefficient (Wildman–Crippen LogP) is 0.164. The van der Waals surface area contributed by atoms with E-state index in [9.17, 15) is 0 Å². The van der Waals surface area contributed by atoms with Gasteiger partial charge in [-0.15, -0.1) is 0 Å². The fraction of sp³-hybridized carbons (Fsp3) is 0.400. The molecule has 2 N–H and O–H groups in total. The zero-order valence-corrected chi connectivity index (χ0v) is 8.93. The van der Waals surface area contributed by atoms with Crippen molar-refractivity contribution in [3.8, 4) is 11.5 Å². The largest absolute Gasteiger partial charge is 0.490 e. The molecule has 0 spiro atoms. The van der Waals surface area contributed by atoms with Crippen LogP contribution in [0.25, 0.3) is 0 Å². The monoisotopic (exact) mass is 210 g/mol. The van der Waals surface area contributed by atoms with E-state index in [0.29, 0.717) is 30.2 Å². The Morgan fingerprint density at radius 2 is 1.67 bits per heavy atom. The summed E-state index contributed by atoms with van der Waals surface area (Å²) in [7, 11) is -1.49. The fourth-order valence-electron chi connectivity index (χ4n) is 1.23. The zero-order chi connectivity index (χ0) is 11.3. The topological polar surface area (TPSA) is 58.9 Å². The van der Waals surface area contributed by atoms with Crippen LogP contribution in [-0.4, -0.2) is 30.4 Å². The highest BCUT2D eigenvalue weighted by molar-refractivity contribution is 6.58. The van der Waals surface area contributed by atoms with E-state index < -0.39 is 7.12 Å². The summed E-state index contributed by atoms with van der Waals surface area (Å²) in [5, 5.41) is 18.0. The van der Waals surface area contributed by atoms with E-state index in [0.717, 1.165) is 0 Å². The van der Waals surface area contributed by atoms with E-state index >= 15 is 0 Å². The van der Waals surface area contributed by atoms with E-state index in [1.165, 1.54) is 0 Å². The summed E-state index contributed by atoms with van der Waals surface area (Å²) in [4.78, 5) is 0. The lowest BCUT2D eigenvalue weighted by atomic mass is 9.80. The second kappa shape index (κ2) is 5.63. The van der Waals surface area contributed by atoms with Crippen LogP contribution in [-0.2, 0) is 0 Å². The molecule has 0 bridgehead atoms. The minimum atomic E-state index is -1.49. The van der Waals surface area contributed by atoms with Gasteiger partial charge in [-0.05, 0) is 31.4 Å². The van der Waals surface area contributed by atoms with Gasteiger partial charge in [0.15, 0.2) is 11.5 Å². The molecule has 0 amide bonds. The molecule has 1 aromatic carbocycles. The molecule has 0 saturated carbocycles. The number of hydrogen-bond acceptors (Lipinski definition) is 4. The van der Waals surface area contributed by atoms with Crippen molar-refractivity contribution in [3.63, 3.8) is 0 Å². The SMILES string of the molecule is CCOc1ccc(B(O)O)cc1OCC. The Morgan fingerprint density at radius 1 is 1.07 bits per heavy atom. The Labute approximate surface area is 89.6 Å². The van der Waals surface area contributed by atoms with Gasteiger partial charge in [-0.1, -0.05) is 6.07 Å². The van der Waals surface area contributed by atoms with Gasteiger partial charge in [0.1, 0.15) is 0 Å². The molecule has 1 aromatic rings. The first-order valence-electron chi connectivity index (χ1n) is 4.94. The predicted molar refractivity (Wildman–Crippen MR) is 58.6 cm³/mol. The Hall–Kier alpha value is -1.20. The highest BCUT2D eigenvalue weighted by Crippen LogP contribution is 2.25. The first-order chi connectivity index (χ1) is 7.19. The van der Waals surface area contributed by atoms with Crippen LogP contribution in [0.4, 0.5) is 0 Å². The lowest BCUT2D eigenvalue weighted by Crippen LogP contribution is -2.29. The molecule has 0 atom stereocenters. The molecule has 82 valence electrons. The Balaban J connectivity index is 2.97. The van der Waals surface area contributed by atoms with Gasteiger partial charge < -0.3 is 19.5 Å². The normalized spacial score (nSPS) is 9.87.